The molecule has 0 aliphatic carbocycles. The van der Waals surface area contributed by atoms with Crippen LogP contribution in [0.25, 0.3) is 11.0 Å². The van der Waals surface area contributed by atoms with E-state index in [0.29, 0.717) is 54.2 Å². The van der Waals surface area contributed by atoms with Crippen molar-refractivity contribution in [3.05, 3.63) is 83.5 Å². The van der Waals surface area contributed by atoms with Crippen molar-refractivity contribution in [2.75, 3.05) is 36.9 Å². The summed E-state index contributed by atoms with van der Waals surface area (Å²) < 4.78 is 16.3. The van der Waals surface area contributed by atoms with Crippen LogP contribution in [0.3, 0.4) is 0 Å². The number of aryl methyl sites for hydroxylation is 1. The Morgan fingerprint density at radius 3 is 2.49 bits per heavy atom. The molecule has 3 amide bonds. The highest BCUT2D eigenvalue weighted by Gasteiger charge is 2.28. The molecule has 0 bridgehead atoms. The summed E-state index contributed by atoms with van der Waals surface area (Å²) in [6.07, 6.45) is 1.41. The smallest absolute Gasteiger partial charge is 0.291 e. The van der Waals surface area contributed by atoms with E-state index in [0.717, 1.165) is 5.56 Å². The van der Waals surface area contributed by atoms with E-state index in [2.05, 4.69) is 10.6 Å². The molecule has 9 heteroatoms. The van der Waals surface area contributed by atoms with Gasteiger partial charge in [0.15, 0.2) is 5.76 Å². The molecule has 35 heavy (non-hydrogen) atoms. The molecule has 178 valence electrons. The van der Waals surface area contributed by atoms with Gasteiger partial charge in [0.25, 0.3) is 17.7 Å². The lowest BCUT2D eigenvalue weighted by Crippen LogP contribution is -2.40. The van der Waals surface area contributed by atoms with E-state index in [-0.39, 0.29) is 17.4 Å². The van der Waals surface area contributed by atoms with Gasteiger partial charge in [-0.3, -0.25) is 14.4 Å². The van der Waals surface area contributed by atoms with Crippen LogP contribution in [0.2, 0.25) is 0 Å². The number of furan rings is 2. The highest BCUT2D eigenvalue weighted by molar-refractivity contribution is 6.15. The summed E-state index contributed by atoms with van der Waals surface area (Å²) in [7, 11) is 0. The molecular formula is C26H23N3O6. The molecule has 0 unspecified atom stereocenters. The van der Waals surface area contributed by atoms with E-state index in [1.807, 2.05) is 13.0 Å². The lowest BCUT2D eigenvalue weighted by Gasteiger charge is -2.26. The van der Waals surface area contributed by atoms with Crippen LogP contribution in [0.15, 0.2) is 69.7 Å². The zero-order chi connectivity index (χ0) is 24.4. The van der Waals surface area contributed by atoms with E-state index in [9.17, 15) is 14.4 Å². The minimum Gasteiger partial charge on any atom is -0.459 e. The molecule has 0 atom stereocenters. The largest absolute Gasteiger partial charge is 0.459 e. The van der Waals surface area contributed by atoms with Crippen molar-refractivity contribution in [3.8, 4) is 0 Å². The van der Waals surface area contributed by atoms with Crippen LogP contribution < -0.4 is 10.6 Å². The first kappa shape index (κ1) is 22.4. The molecule has 5 rings (SSSR count). The Morgan fingerprint density at radius 1 is 0.914 bits per heavy atom. The van der Waals surface area contributed by atoms with Gasteiger partial charge in [-0.2, -0.15) is 0 Å². The van der Waals surface area contributed by atoms with Gasteiger partial charge in [-0.25, -0.2) is 0 Å². The second-order valence-electron chi connectivity index (χ2n) is 8.12. The van der Waals surface area contributed by atoms with Gasteiger partial charge in [-0.05, 0) is 48.9 Å². The van der Waals surface area contributed by atoms with Crippen LogP contribution >= 0.6 is 0 Å². The van der Waals surface area contributed by atoms with E-state index in [1.54, 1.807) is 53.4 Å². The van der Waals surface area contributed by atoms with Crippen LogP contribution in [0.1, 0.15) is 37.0 Å². The maximum absolute atomic E-state index is 13.3. The molecule has 3 heterocycles. The zero-order valence-corrected chi connectivity index (χ0v) is 19.0. The lowest BCUT2D eigenvalue weighted by molar-refractivity contribution is 0.0285. The molecule has 2 aromatic heterocycles. The van der Waals surface area contributed by atoms with Gasteiger partial charge < -0.3 is 29.1 Å². The number of nitrogens with one attached hydrogen (secondary N) is 2. The number of hydrogen-bond donors (Lipinski definition) is 2. The van der Waals surface area contributed by atoms with Crippen LogP contribution in [0, 0.1) is 6.92 Å². The third-order valence-corrected chi connectivity index (χ3v) is 5.82. The second-order valence-corrected chi connectivity index (χ2v) is 8.12. The van der Waals surface area contributed by atoms with E-state index < -0.39 is 11.8 Å². The number of rotatable bonds is 5. The highest BCUT2D eigenvalue weighted by Crippen LogP contribution is 2.32. The van der Waals surface area contributed by atoms with Gasteiger partial charge in [0.1, 0.15) is 11.3 Å². The van der Waals surface area contributed by atoms with Crippen LogP contribution in [0.5, 0.6) is 0 Å². The number of nitrogens with zero attached hydrogens (tertiary/aromatic N) is 1. The fourth-order valence-electron chi connectivity index (χ4n) is 3.91. The zero-order valence-electron chi connectivity index (χ0n) is 19.0. The van der Waals surface area contributed by atoms with E-state index in [4.69, 9.17) is 13.6 Å². The van der Waals surface area contributed by atoms with Crippen LogP contribution in [0.4, 0.5) is 11.4 Å². The van der Waals surface area contributed by atoms with E-state index in [1.165, 1.54) is 6.26 Å². The van der Waals surface area contributed by atoms with Crippen molar-refractivity contribution in [2.45, 2.75) is 6.92 Å². The number of ether oxygens (including phenoxy) is 1. The highest BCUT2D eigenvalue weighted by atomic mass is 16.5. The van der Waals surface area contributed by atoms with Gasteiger partial charge in [-0.1, -0.05) is 18.2 Å². The summed E-state index contributed by atoms with van der Waals surface area (Å²) >= 11 is 0. The fraction of sp³-hybridized carbons (Fsp3) is 0.192. The average Bonchev–Trinajstić information content (AvgIpc) is 3.54. The Balaban J connectivity index is 1.43. The van der Waals surface area contributed by atoms with Gasteiger partial charge in [-0.15, -0.1) is 0 Å². The molecule has 1 aliphatic rings. The van der Waals surface area contributed by atoms with Crippen molar-refractivity contribution < 1.29 is 28.0 Å². The molecule has 1 fully saturated rings. The number of para-hydroxylation sites is 1. The molecule has 1 aliphatic heterocycles. The Kier molecular flexibility index (Phi) is 6.07. The normalized spacial score (nSPS) is 13.6. The molecule has 2 aromatic carbocycles. The number of carbonyl (C=O) groups is 3. The van der Waals surface area contributed by atoms with Gasteiger partial charge >= 0.3 is 0 Å². The number of benzene rings is 2. The number of anilines is 2. The summed E-state index contributed by atoms with van der Waals surface area (Å²) in [6.45, 7) is 3.61. The number of morpholine rings is 1. The Labute approximate surface area is 200 Å². The topological polar surface area (TPSA) is 114 Å². The van der Waals surface area contributed by atoms with Gasteiger partial charge in [0.2, 0.25) is 5.76 Å². The molecule has 0 saturated carbocycles. The molecule has 0 radical (unpaired) electrons. The molecular weight excluding hydrogens is 450 g/mol. The molecule has 9 nitrogen and oxygen atoms in total. The van der Waals surface area contributed by atoms with Crippen molar-refractivity contribution >= 4 is 40.1 Å². The molecule has 1 saturated heterocycles. The van der Waals surface area contributed by atoms with Gasteiger partial charge in [0, 0.05) is 29.7 Å². The summed E-state index contributed by atoms with van der Waals surface area (Å²) in [5.74, 6) is -0.943. The Hall–Kier alpha value is -4.37. The minimum atomic E-state index is -0.443. The third-order valence-electron chi connectivity index (χ3n) is 5.82. The van der Waals surface area contributed by atoms with E-state index >= 15 is 0 Å². The number of carbonyl (C=O) groups excluding carboxylic acids is 3. The minimum absolute atomic E-state index is 0.0694. The summed E-state index contributed by atoms with van der Waals surface area (Å²) in [5, 5.41) is 6.24. The van der Waals surface area contributed by atoms with Crippen molar-refractivity contribution in [3.63, 3.8) is 0 Å². The molecule has 0 spiro atoms. The first-order chi connectivity index (χ1) is 17.0. The lowest BCUT2D eigenvalue weighted by atomic mass is 10.1. The number of fused-ring (bicyclic) bond motifs is 1. The maximum Gasteiger partial charge on any atom is 0.291 e. The summed E-state index contributed by atoms with van der Waals surface area (Å²) in [4.78, 5) is 40.5. The van der Waals surface area contributed by atoms with Gasteiger partial charge in [0.05, 0.1) is 19.5 Å². The molecule has 4 aromatic rings. The summed E-state index contributed by atoms with van der Waals surface area (Å²) in [6, 6.07) is 15.3. The fourth-order valence-corrected chi connectivity index (χ4v) is 3.91. The molecule has 2 N–H and O–H groups in total. The van der Waals surface area contributed by atoms with Crippen molar-refractivity contribution in [2.24, 2.45) is 0 Å². The Bertz CT molecular complexity index is 1400. The average molecular weight is 473 g/mol. The third kappa shape index (κ3) is 4.53. The second kappa shape index (κ2) is 9.47. The number of amides is 3. The quantitative estimate of drug-likeness (QED) is 0.446. The first-order valence-corrected chi connectivity index (χ1v) is 11.2. The van der Waals surface area contributed by atoms with Crippen molar-refractivity contribution in [1.29, 1.82) is 0 Å². The van der Waals surface area contributed by atoms with Crippen molar-refractivity contribution in [1.82, 2.24) is 4.90 Å². The predicted molar refractivity (Wildman–Crippen MR) is 129 cm³/mol. The Morgan fingerprint density at radius 2 is 1.71 bits per heavy atom. The SMILES string of the molecule is Cc1ccc(C(=O)Nc2c(C(=O)N3CCOCC3)oc3ccccc23)cc1NC(=O)c1ccco1. The predicted octanol–water partition coefficient (Wildman–Crippen LogP) is 4.31. The standard InChI is InChI=1S/C26H23N3O6/c1-16-8-9-17(15-19(16)27-25(31)21-7-4-12-34-21)24(30)28-22-18-5-2-3-6-20(18)35-23(22)26(32)29-10-13-33-14-11-29/h2-9,12,15H,10-11,13-14H2,1H3,(H,27,31)(H,28,30). The monoisotopic (exact) mass is 473 g/mol. The summed E-state index contributed by atoms with van der Waals surface area (Å²) in [5.41, 5.74) is 2.36. The maximum atomic E-state index is 13.3. The number of hydrogen-bond acceptors (Lipinski definition) is 6. The first-order valence-electron chi connectivity index (χ1n) is 11.2. The van der Waals surface area contributed by atoms with Crippen LogP contribution in [-0.4, -0.2) is 48.9 Å². The van der Waals surface area contributed by atoms with Crippen LogP contribution in [-0.2, 0) is 4.74 Å².